The zero-order valence-corrected chi connectivity index (χ0v) is 15.0. The number of fused-ring (bicyclic) bond motifs is 2. The average Bonchev–Trinajstić information content (AvgIpc) is 2.78. The second-order valence-corrected chi connectivity index (χ2v) is 7.15. The van der Waals surface area contributed by atoms with E-state index >= 15 is 0 Å². The summed E-state index contributed by atoms with van der Waals surface area (Å²) in [5, 5.41) is 38.7. The standard InChI is InChI=1S/C20H20N4O2/c1-4-6-15-18(3)25-16(14-8-5-7-13(2)9-14)19(10-21,11-22)20(15,12-23)17(24)26-18/h5,7-9,15-16,24H,4,6H2,1-3H3. The fraction of sp³-hybridized carbons (Fsp3) is 0.500. The number of ether oxygens (including phenoxy) is 2. The minimum atomic E-state index is -1.87. The Balaban J connectivity index is 2.32. The number of rotatable bonds is 3. The van der Waals surface area contributed by atoms with Crippen LogP contribution < -0.4 is 0 Å². The van der Waals surface area contributed by atoms with Gasteiger partial charge in [-0.2, -0.15) is 15.8 Å². The summed E-state index contributed by atoms with van der Waals surface area (Å²) in [6.45, 7) is 5.55. The molecule has 2 bridgehead atoms. The number of nitrogens with zero attached hydrogens (tertiary/aromatic N) is 3. The predicted molar refractivity (Wildman–Crippen MR) is 92.3 cm³/mol. The fourth-order valence-corrected chi connectivity index (χ4v) is 4.45. The van der Waals surface area contributed by atoms with Gasteiger partial charge in [-0.05, 0) is 18.9 Å². The summed E-state index contributed by atoms with van der Waals surface area (Å²) in [4.78, 5) is 0. The van der Waals surface area contributed by atoms with Gasteiger partial charge in [-0.25, -0.2) is 0 Å². The van der Waals surface area contributed by atoms with Gasteiger partial charge in [0.15, 0.2) is 5.41 Å². The van der Waals surface area contributed by atoms with E-state index in [0.717, 1.165) is 5.56 Å². The molecule has 1 aromatic rings. The molecule has 2 saturated heterocycles. The lowest BCUT2D eigenvalue weighted by Gasteiger charge is -2.48. The van der Waals surface area contributed by atoms with Gasteiger partial charge in [-0.1, -0.05) is 43.2 Å². The summed E-state index contributed by atoms with van der Waals surface area (Å²) in [5.74, 6) is -2.15. The third kappa shape index (κ3) is 1.96. The van der Waals surface area contributed by atoms with Gasteiger partial charge in [0.25, 0.3) is 0 Å². The highest BCUT2D eigenvalue weighted by Gasteiger charge is 2.78. The molecule has 132 valence electrons. The van der Waals surface area contributed by atoms with Crippen molar-refractivity contribution in [3.63, 3.8) is 0 Å². The molecule has 3 rings (SSSR count). The van der Waals surface area contributed by atoms with E-state index in [1.165, 1.54) is 0 Å². The Hall–Kier alpha value is -2.88. The number of nitrogens with one attached hydrogen (secondary N) is 1. The highest BCUT2D eigenvalue weighted by molar-refractivity contribution is 5.89. The molecule has 0 radical (unpaired) electrons. The molecular formula is C20H20N4O2. The first-order valence-electron chi connectivity index (χ1n) is 8.61. The third-order valence-electron chi connectivity index (χ3n) is 5.64. The van der Waals surface area contributed by atoms with Crippen LogP contribution in [0.1, 0.15) is 43.9 Å². The zero-order chi connectivity index (χ0) is 19.2. The molecule has 1 N–H and O–H groups in total. The Labute approximate surface area is 153 Å². The van der Waals surface area contributed by atoms with Gasteiger partial charge < -0.3 is 9.47 Å². The van der Waals surface area contributed by atoms with Crippen molar-refractivity contribution in [2.45, 2.75) is 45.5 Å². The van der Waals surface area contributed by atoms with Crippen LogP contribution in [0.5, 0.6) is 0 Å². The SMILES string of the molecule is CCCC1C2(C)OC(=N)C1(C#N)C(C#N)(C#N)C(c1cccc(C)c1)O2. The molecule has 0 saturated carbocycles. The third-order valence-corrected chi connectivity index (χ3v) is 5.64. The Kier molecular flexibility index (Phi) is 4.02. The number of nitriles is 3. The summed E-state index contributed by atoms with van der Waals surface area (Å²) in [7, 11) is 0. The monoisotopic (exact) mass is 348 g/mol. The highest BCUT2D eigenvalue weighted by Crippen LogP contribution is 2.67. The minimum absolute atomic E-state index is 0.348. The van der Waals surface area contributed by atoms with Gasteiger partial charge in [-0.3, -0.25) is 5.41 Å². The quantitative estimate of drug-likeness (QED) is 0.893. The van der Waals surface area contributed by atoms with Gasteiger partial charge >= 0.3 is 0 Å². The molecule has 1 aromatic carbocycles. The van der Waals surface area contributed by atoms with Crippen LogP contribution in [0, 0.1) is 63.1 Å². The lowest BCUT2D eigenvalue weighted by Crippen LogP contribution is -2.58. The second-order valence-electron chi connectivity index (χ2n) is 7.15. The van der Waals surface area contributed by atoms with E-state index in [1.807, 2.05) is 32.0 Å². The Morgan fingerprint density at radius 1 is 1.19 bits per heavy atom. The van der Waals surface area contributed by atoms with Gasteiger partial charge in [0.05, 0.1) is 24.1 Å². The largest absolute Gasteiger partial charge is 0.448 e. The summed E-state index contributed by atoms with van der Waals surface area (Å²) in [5.41, 5.74) is -1.96. The minimum Gasteiger partial charge on any atom is -0.448 e. The molecule has 0 aliphatic carbocycles. The van der Waals surface area contributed by atoms with Crippen molar-refractivity contribution in [2.24, 2.45) is 16.7 Å². The highest BCUT2D eigenvalue weighted by atomic mass is 16.7. The van der Waals surface area contributed by atoms with E-state index < -0.39 is 28.6 Å². The smallest absolute Gasteiger partial charge is 0.214 e. The maximum Gasteiger partial charge on any atom is 0.214 e. The first-order chi connectivity index (χ1) is 12.3. The first kappa shape index (κ1) is 17.9. The van der Waals surface area contributed by atoms with Gasteiger partial charge in [0, 0.05) is 6.92 Å². The van der Waals surface area contributed by atoms with Crippen molar-refractivity contribution in [3.8, 4) is 18.2 Å². The van der Waals surface area contributed by atoms with Gasteiger partial charge in [0.2, 0.25) is 17.1 Å². The molecule has 0 amide bonds. The van der Waals surface area contributed by atoms with Crippen LogP contribution in [-0.4, -0.2) is 11.7 Å². The molecule has 0 spiro atoms. The van der Waals surface area contributed by atoms with Gasteiger partial charge in [-0.15, -0.1) is 0 Å². The van der Waals surface area contributed by atoms with Crippen LogP contribution in [0.3, 0.4) is 0 Å². The van der Waals surface area contributed by atoms with Crippen LogP contribution in [0.4, 0.5) is 0 Å². The topological polar surface area (TPSA) is 114 Å². The molecule has 26 heavy (non-hydrogen) atoms. The number of benzene rings is 1. The maximum absolute atomic E-state index is 10.1. The van der Waals surface area contributed by atoms with E-state index in [2.05, 4.69) is 18.2 Å². The fourth-order valence-electron chi connectivity index (χ4n) is 4.45. The van der Waals surface area contributed by atoms with E-state index in [9.17, 15) is 15.8 Å². The van der Waals surface area contributed by atoms with E-state index in [0.29, 0.717) is 18.4 Å². The molecule has 4 unspecified atom stereocenters. The van der Waals surface area contributed by atoms with Crippen molar-refractivity contribution in [2.75, 3.05) is 0 Å². The molecule has 0 aromatic heterocycles. The van der Waals surface area contributed by atoms with Gasteiger partial charge in [0.1, 0.15) is 6.10 Å². The van der Waals surface area contributed by atoms with Crippen molar-refractivity contribution >= 4 is 5.90 Å². The Morgan fingerprint density at radius 2 is 1.88 bits per heavy atom. The van der Waals surface area contributed by atoms with E-state index in [4.69, 9.17) is 14.9 Å². The summed E-state index contributed by atoms with van der Waals surface area (Å²) in [6.07, 6.45) is 0.238. The Bertz CT molecular complexity index is 876. The van der Waals surface area contributed by atoms with Crippen molar-refractivity contribution in [3.05, 3.63) is 35.4 Å². The van der Waals surface area contributed by atoms with Crippen molar-refractivity contribution < 1.29 is 9.47 Å². The molecule has 2 aliphatic heterocycles. The van der Waals surface area contributed by atoms with Crippen LogP contribution >= 0.6 is 0 Å². The number of hydrogen-bond acceptors (Lipinski definition) is 6. The molecule has 2 fully saturated rings. The first-order valence-corrected chi connectivity index (χ1v) is 8.61. The average molecular weight is 348 g/mol. The van der Waals surface area contributed by atoms with Crippen molar-refractivity contribution in [1.29, 1.82) is 21.2 Å². The van der Waals surface area contributed by atoms with Crippen molar-refractivity contribution in [1.82, 2.24) is 0 Å². The van der Waals surface area contributed by atoms with E-state index in [-0.39, 0.29) is 5.90 Å². The Morgan fingerprint density at radius 3 is 2.42 bits per heavy atom. The molecule has 4 atom stereocenters. The second kappa shape index (κ2) is 5.84. The van der Waals surface area contributed by atoms with Crippen LogP contribution in [0.25, 0.3) is 0 Å². The van der Waals surface area contributed by atoms with Crippen LogP contribution in [-0.2, 0) is 9.47 Å². The number of aryl methyl sites for hydroxylation is 1. The van der Waals surface area contributed by atoms with Crippen LogP contribution in [0.2, 0.25) is 0 Å². The molecule has 2 aliphatic rings. The lowest BCUT2D eigenvalue weighted by molar-refractivity contribution is -0.274. The summed E-state index contributed by atoms with van der Waals surface area (Å²) < 4.78 is 11.9. The van der Waals surface area contributed by atoms with E-state index in [1.54, 1.807) is 13.0 Å². The normalized spacial score (nSPS) is 34.2. The molecule has 6 heteroatoms. The van der Waals surface area contributed by atoms with Crippen LogP contribution in [0.15, 0.2) is 24.3 Å². The summed E-state index contributed by atoms with van der Waals surface area (Å²) in [6, 6.07) is 13.6. The summed E-state index contributed by atoms with van der Waals surface area (Å²) >= 11 is 0. The molecule has 6 nitrogen and oxygen atoms in total. The lowest BCUT2D eigenvalue weighted by atomic mass is 9.53. The number of hydrogen-bond donors (Lipinski definition) is 1. The molecular weight excluding hydrogens is 328 g/mol. The predicted octanol–water partition coefficient (Wildman–Crippen LogP) is 3.75. The molecule has 2 heterocycles. The maximum atomic E-state index is 10.1. The zero-order valence-electron chi connectivity index (χ0n) is 15.0.